The average Bonchev–Trinajstić information content (AvgIpc) is 3.33. The van der Waals surface area contributed by atoms with Crippen LogP contribution in [0.4, 0.5) is 30.7 Å². The number of alkyl halides is 3. The summed E-state index contributed by atoms with van der Waals surface area (Å²) in [6.07, 6.45) is -4.09. The van der Waals surface area contributed by atoms with Gasteiger partial charge in [-0.2, -0.15) is 13.2 Å². The lowest BCUT2D eigenvalue weighted by Crippen LogP contribution is -2.16. The van der Waals surface area contributed by atoms with Crippen LogP contribution < -0.4 is 9.47 Å². The highest BCUT2D eigenvalue weighted by Crippen LogP contribution is 2.43. The maximum atomic E-state index is 14.6. The van der Waals surface area contributed by atoms with Gasteiger partial charge < -0.3 is 13.9 Å². The molecular weight excluding hydrogens is 419 g/mol. The van der Waals surface area contributed by atoms with Crippen LogP contribution in [0.5, 0.6) is 11.5 Å². The Bertz CT molecular complexity index is 1330. The Morgan fingerprint density at radius 3 is 2.07 bits per heavy atom. The number of halogens is 7. The smallest absolute Gasteiger partial charge is 0.422 e. The standard InChI is InChI=1S/C20H8F7NO2/c21-16-14(17(22)19(24)15(18(16)23)20(25,26)27)9-4-8-5-12-13(30-7-29-12)6-11(8)28-3-1-2-10(9)28/h1-6H,7H2. The van der Waals surface area contributed by atoms with Gasteiger partial charge in [0.2, 0.25) is 6.79 Å². The Kier molecular flexibility index (Phi) is 3.74. The third-order valence-corrected chi connectivity index (χ3v) is 4.92. The molecule has 3 nitrogen and oxygen atoms in total. The van der Waals surface area contributed by atoms with E-state index in [4.69, 9.17) is 9.47 Å². The van der Waals surface area contributed by atoms with E-state index in [-0.39, 0.29) is 17.9 Å². The molecule has 0 N–H and O–H groups in total. The molecule has 1 aliphatic rings. The summed E-state index contributed by atoms with van der Waals surface area (Å²) < 4.78 is 108. The fourth-order valence-corrected chi connectivity index (χ4v) is 3.63. The number of nitrogens with zero attached hydrogens (tertiary/aromatic N) is 1. The van der Waals surface area contributed by atoms with Gasteiger partial charge >= 0.3 is 6.18 Å². The van der Waals surface area contributed by atoms with Gasteiger partial charge in [-0.1, -0.05) is 0 Å². The third-order valence-electron chi connectivity index (χ3n) is 4.92. The van der Waals surface area contributed by atoms with Crippen LogP contribution in [0, 0.1) is 23.3 Å². The van der Waals surface area contributed by atoms with Crippen molar-refractivity contribution >= 4 is 16.4 Å². The van der Waals surface area contributed by atoms with Crippen LogP contribution in [0.1, 0.15) is 5.56 Å². The SMILES string of the molecule is Fc1c(F)c(C(F)(F)F)c(F)c(F)c1-c1cc2cc3c(cc2n2cccc12)OCO3. The molecule has 0 saturated carbocycles. The molecule has 2 aromatic heterocycles. The summed E-state index contributed by atoms with van der Waals surface area (Å²) in [4.78, 5) is 0. The molecule has 4 aromatic rings. The lowest BCUT2D eigenvalue weighted by molar-refractivity contribution is -0.143. The summed E-state index contributed by atoms with van der Waals surface area (Å²) in [5.74, 6) is -8.52. The van der Waals surface area contributed by atoms with E-state index < -0.39 is 40.6 Å². The molecule has 2 aromatic carbocycles. The first-order chi connectivity index (χ1) is 14.2. The molecule has 0 atom stereocenters. The van der Waals surface area contributed by atoms with Gasteiger partial charge in [-0.05, 0) is 24.3 Å². The highest BCUT2D eigenvalue weighted by atomic mass is 19.4. The zero-order chi connectivity index (χ0) is 21.4. The second-order valence-electron chi connectivity index (χ2n) is 6.59. The van der Waals surface area contributed by atoms with Gasteiger partial charge in [-0.25, -0.2) is 17.6 Å². The summed E-state index contributed by atoms with van der Waals surface area (Å²) in [6, 6.07) is 7.24. The predicted octanol–water partition coefficient (Wildman–Crippen LogP) is 6.06. The Morgan fingerprint density at radius 2 is 1.43 bits per heavy atom. The van der Waals surface area contributed by atoms with Gasteiger partial charge in [0.1, 0.15) is 5.56 Å². The van der Waals surface area contributed by atoms with Crippen molar-refractivity contribution in [3.63, 3.8) is 0 Å². The van der Waals surface area contributed by atoms with Gasteiger partial charge in [-0.15, -0.1) is 0 Å². The largest absolute Gasteiger partial charge is 0.454 e. The van der Waals surface area contributed by atoms with E-state index in [9.17, 15) is 30.7 Å². The van der Waals surface area contributed by atoms with Crippen molar-refractivity contribution in [2.75, 3.05) is 6.79 Å². The van der Waals surface area contributed by atoms with Crippen molar-refractivity contribution in [3.8, 4) is 22.6 Å². The second-order valence-corrected chi connectivity index (χ2v) is 6.59. The maximum absolute atomic E-state index is 14.6. The van der Waals surface area contributed by atoms with E-state index >= 15 is 0 Å². The normalized spacial score (nSPS) is 13.6. The molecule has 5 rings (SSSR count). The van der Waals surface area contributed by atoms with Crippen LogP contribution in [0.3, 0.4) is 0 Å². The average molecular weight is 427 g/mol. The molecule has 10 heteroatoms. The number of aromatic nitrogens is 1. The predicted molar refractivity (Wildman–Crippen MR) is 91.3 cm³/mol. The fraction of sp³-hybridized carbons (Fsp3) is 0.100. The zero-order valence-corrected chi connectivity index (χ0v) is 14.6. The van der Waals surface area contributed by atoms with E-state index in [0.29, 0.717) is 22.4 Å². The van der Waals surface area contributed by atoms with Gasteiger partial charge in [0, 0.05) is 23.2 Å². The Hall–Kier alpha value is -3.43. The lowest BCUT2D eigenvalue weighted by Gasteiger charge is -2.16. The zero-order valence-electron chi connectivity index (χ0n) is 14.6. The van der Waals surface area contributed by atoms with Crippen LogP contribution in [0.25, 0.3) is 27.5 Å². The topological polar surface area (TPSA) is 22.9 Å². The number of rotatable bonds is 1. The van der Waals surface area contributed by atoms with E-state index in [1.165, 1.54) is 34.9 Å². The Morgan fingerprint density at radius 1 is 0.800 bits per heavy atom. The summed E-state index contributed by atoms with van der Waals surface area (Å²) in [5, 5.41) is 0.359. The summed E-state index contributed by atoms with van der Waals surface area (Å²) in [5.41, 5.74) is -3.53. The molecule has 0 radical (unpaired) electrons. The molecule has 0 spiro atoms. The molecule has 0 aliphatic carbocycles. The number of hydrogen-bond acceptors (Lipinski definition) is 2. The van der Waals surface area contributed by atoms with Crippen LogP contribution in [0.2, 0.25) is 0 Å². The summed E-state index contributed by atoms with van der Waals surface area (Å²) in [6.45, 7) is -0.0358. The molecule has 0 amide bonds. The molecule has 0 saturated heterocycles. The first-order valence-electron chi connectivity index (χ1n) is 8.45. The molecule has 0 unspecified atom stereocenters. The van der Waals surface area contributed by atoms with E-state index in [1.54, 1.807) is 6.07 Å². The quantitative estimate of drug-likeness (QED) is 0.272. The van der Waals surface area contributed by atoms with Gasteiger partial charge in [0.05, 0.1) is 16.6 Å². The summed E-state index contributed by atoms with van der Waals surface area (Å²) in [7, 11) is 0. The molecule has 30 heavy (non-hydrogen) atoms. The monoisotopic (exact) mass is 427 g/mol. The van der Waals surface area contributed by atoms with E-state index in [2.05, 4.69) is 0 Å². The number of benzene rings is 2. The van der Waals surface area contributed by atoms with Crippen molar-refractivity contribution in [2.24, 2.45) is 0 Å². The van der Waals surface area contributed by atoms with Crippen molar-refractivity contribution in [1.82, 2.24) is 4.40 Å². The van der Waals surface area contributed by atoms with Crippen molar-refractivity contribution in [2.45, 2.75) is 6.18 Å². The van der Waals surface area contributed by atoms with Crippen molar-refractivity contribution in [3.05, 3.63) is 65.4 Å². The van der Waals surface area contributed by atoms with Crippen molar-refractivity contribution in [1.29, 1.82) is 0 Å². The molecule has 1 aliphatic heterocycles. The van der Waals surface area contributed by atoms with E-state index in [0.717, 1.165) is 0 Å². The molecule has 0 bridgehead atoms. The van der Waals surface area contributed by atoms with Crippen LogP contribution >= 0.6 is 0 Å². The summed E-state index contributed by atoms with van der Waals surface area (Å²) >= 11 is 0. The van der Waals surface area contributed by atoms with E-state index in [1.807, 2.05) is 0 Å². The van der Waals surface area contributed by atoms with Gasteiger partial charge in [0.25, 0.3) is 0 Å². The molecule has 0 fully saturated rings. The first kappa shape index (κ1) is 18.6. The minimum absolute atomic E-state index is 0.0358. The van der Waals surface area contributed by atoms with Crippen molar-refractivity contribution < 1.29 is 40.2 Å². The van der Waals surface area contributed by atoms with Gasteiger partial charge in [-0.3, -0.25) is 0 Å². The maximum Gasteiger partial charge on any atom is 0.422 e. The highest BCUT2D eigenvalue weighted by molar-refractivity contribution is 5.95. The first-order valence-corrected chi connectivity index (χ1v) is 8.45. The van der Waals surface area contributed by atoms with Crippen LogP contribution in [-0.4, -0.2) is 11.2 Å². The van der Waals surface area contributed by atoms with Crippen LogP contribution in [0.15, 0.2) is 36.5 Å². The molecular formula is C20H8F7NO2. The Balaban J connectivity index is 1.88. The minimum atomic E-state index is -5.61. The third kappa shape index (κ3) is 2.45. The molecule has 3 heterocycles. The Labute approximate surface area is 162 Å². The molecule has 154 valence electrons. The number of ether oxygens (including phenoxy) is 2. The number of hydrogen-bond donors (Lipinski definition) is 0. The number of pyridine rings is 1. The van der Waals surface area contributed by atoms with Gasteiger partial charge in [0.15, 0.2) is 34.8 Å². The lowest BCUT2D eigenvalue weighted by atomic mass is 9.98. The second kappa shape index (κ2) is 6.04. The number of fused-ring (bicyclic) bond motifs is 4. The highest BCUT2D eigenvalue weighted by Gasteiger charge is 2.42. The minimum Gasteiger partial charge on any atom is -0.454 e. The fourth-order valence-electron chi connectivity index (χ4n) is 3.63. The van der Waals surface area contributed by atoms with Crippen LogP contribution in [-0.2, 0) is 6.18 Å².